The summed E-state index contributed by atoms with van der Waals surface area (Å²) in [5.41, 5.74) is 1.29. The zero-order valence-electron chi connectivity index (χ0n) is 10.8. The third-order valence-corrected chi connectivity index (χ3v) is 3.48. The Morgan fingerprint density at radius 2 is 2.05 bits per heavy atom. The molecule has 0 amide bonds. The predicted molar refractivity (Wildman–Crippen MR) is 85.9 cm³/mol. The normalized spacial score (nSPS) is 10.1. The first-order chi connectivity index (χ1) is 9.62. The van der Waals surface area contributed by atoms with E-state index in [1.54, 1.807) is 12.1 Å². The van der Waals surface area contributed by atoms with Gasteiger partial charge in [0.2, 0.25) is 0 Å². The summed E-state index contributed by atoms with van der Waals surface area (Å²) in [4.78, 5) is 8.76. The van der Waals surface area contributed by atoms with Crippen molar-refractivity contribution in [2.24, 2.45) is 0 Å². The van der Waals surface area contributed by atoms with Gasteiger partial charge >= 0.3 is 0 Å². The Kier molecular flexibility index (Phi) is 5.10. The summed E-state index contributed by atoms with van der Waals surface area (Å²) >= 11 is 6.73. The molecule has 0 radical (unpaired) electrons. The van der Waals surface area contributed by atoms with Crippen LogP contribution in [0.5, 0.6) is 0 Å². The van der Waals surface area contributed by atoms with Crippen LogP contribution in [0.2, 0.25) is 0 Å². The third-order valence-electron chi connectivity index (χ3n) is 2.58. The molecular formula is C14H12Br2N4. The first-order valence-corrected chi connectivity index (χ1v) is 7.71. The van der Waals surface area contributed by atoms with Gasteiger partial charge in [-0.3, -0.25) is 0 Å². The van der Waals surface area contributed by atoms with E-state index in [-0.39, 0.29) is 0 Å². The maximum Gasteiger partial charge on any atom is 0.135 e. The maximum absolute atomic E-state index is 9.16. The number of anilines is 2. The van der Waals surface area contributed by atoms with E-state index < -0.39 is 0 Å². The number of nitrogens with one attached hydrogen (secondary N) is 1. The van der Waals surface area contributed by atoms with Gasteiger partial charge in [0.15, 0.2) is 0 Å². The summed E-state index contributed by atoms with van der Waals surface area (Å²) in [7, 11) is 0. The molecule has 0 saturated carbocycles. The Morgan fingerprint density at radius 3 is 2.75 bits per heavy atom. The Bertz CT molecular complexity index is 665. The lowest BCUT2D eigenvalue weighted by atomic mass is 10.2. The highest BCUT2D eigenvalue weighted by Gasteiger charge is 2.07. The number of hydrogen-bond donors (Lipinski definition) is 1. The molecular weight excluding hydrogens is 384 g/mol. The molecule has 2 aromatic rings. The Hall–Kier alpha value is -1.45. The number of rotatable bonds is 4. The first kappa shape index (κ1) is 14.9. The van der Waals surface area contributed by atoms with E-state index in [2.05, 4.69) is 60.1 Å². The molecule has 0 aliphatic rings. The van der Waals surface area contributed by atoms with Crippen LogP contribution in [-0.2, 0) is 6.42 Å². The summed E-state index contributed by atoms with van der Waals surface area (Å²) in [5, 5.41) is 12.3. The van der Waals surface area contributed by atoms with E-state index in [4.69, 9.17) is 5.26 Å². The molecule has 0 fully saturated rings. The van der Waals surface area contributed by atoms with Gasteiger partial charge in [-0.05, 0) is 40.5 Å². The van der Waals surface area contributed by atoms with Gasteiger partial charge in [0, 0.05) is 17.0 Å². The van der Waals surface area contributed by atoms with Crippen molar-refractivity contribution in [1.29, 1.82) is 5.26 Å². The highest BCUT2D eigenvalue weighted by Crippen LogP contribution is 2.24. The highest BCUT2D eigenvalue weighted by molar-refractivity contribution is 9.10. The Morgan fingerprint density at radius 1 is 1.25 bits per heavy atom. The lowest BCUT2D eigenvalue weighted by molar-refractivity contribution is 0.831. The van der Waals surface area contributed by atoms with Crippen LogP contribution in [0, 0.1) is 11.3 Å². The third kappa shape index (κ3) is 3.78. The van der Waals surface area contributed by atoms with Gasteiger partial charge in [-0.1, -0.05) is 22.9 Å². The zero-order chi connectivity index (χ0) is 14.5. The van der Waals surface area contributed by atoms with Gasteiger partial charge < -0.3 is 5.32 Å². The fourth-order valence-electron chi connectivity index (χ4n) is 1.72. The second-order valence-corrected chi connectivity index (χ2v) is 5.90. The van der Waals surface area contributed by atoms with Crippen molar-refractivity contribution in [3.63, 3.8) is 0 Å². The molecule has 0 bridgehead atoms. The molecule has 0 aliphatic heterocycles. The number of halogens is 2. The van der Waals surface area contributed by atoms with Crippen molar-refractivity contribution >= 4 is 43.4 Å². The first-order valence-electron chi connectivity index (χ1n) is 6.12. The van der Waals surface area contributed by atoms with E-state index in [9.17, 15) is 0 Å². The second kappa shape index (κ2) is 6.82. The quantitative estimate of drug-likeness (QED) is 0.770. The van der Waals surface area contributed by atoms with Crippen LogP contribution >= 0.6 is 31.9 Å². The number of aryl methyl sites for hydroxylation is 1. The average Bonchev–Trinajstić information content (AvgIpc) is 2.40. The predicted octanol–water partition coefficient (Wildman–Crippen LogP) is 4.57. The van der Waals surface area contributed by atoms with Crippen LogP contribution in [0.3, 0.4) is 0 Å². The minimum Gasteiger partial charge on any atom is -0.339 e. The number of aromatic nitrogens is 2. The number of nitriles is 1. The van der Waals surface area contributed by atoms with Crippen LogP contribution < -0.4 is 5.32 Å². The minimum absolute atomic E-state index is 0.561. The molecule has 2 rings (SSSR count). The van der Waals surface area contributed by atoms with Gasteiger partial charge in [-0.2, -0.15) is 5.26 Å². The molecule has 0 aliphatic carbocycles. The highest BCUT2D eigenvalue weighted by atomic mass is 79.9. The van der Waals surface area contributed by atoms with Gasteiger partial charge in [0.05, 0.1) is 11.3 Å². The Labute approximate surface area is 134 Å². The molecule has 0 saturated heterocycles. The van der Waals surface area contributed by atoms with E-state index in [1.807, 2.05) is 12.1 Å². The number of hydrogen-bond acceptors (Lipinski definition) is 4. The van der Waals surface area contributed by atoms with Gasteiger partial charge in [0.1, 0.15) is 22.3 Å². The van der Waals surface area contributed by atoms with Crippen molar-refractivity contribution in [3.8, 4) is 6.07 Å². The molecule has 1 heterocycles. The fourth-order valence-corrected chi connectivity index (χ4v) is 2.50. The second-order valence-electron chi connectivity index (χ2n) is 4.17. The van der Waals surface area contributed by atoms with Gasteiger partial charge in [-0.25, -0.2) is 9.97 Å². The molecule has 1 aromatic carbocycles. The van der Waals surface area contributed by atoms with E-state index >= 15 is 0 Å². The Balaban J connectivity index is 2.32. The summed E-state index contributed by atoms with van der Waals surface area (Å²) in [6.07, 6.45) is 1.80. The maximum atomic E-state index is 9.16. The zero-order valence-corrected chi connectivity index (χ0v) is 14.0. The standard InChI is InChI=1S/C14H12Br2N4/c1-2-3-13-19-12(16)7-14(20-13)18-11-5-4-10(15)6-9(11)8-17/h4-7H,2-3H2,1H3,(H,18,19,20). The van der Waals surface area contributed by atoms with E-state index in [0.29, 0.717) is 11.4 Å². The molecule has 0 unspecified atom stereocenters. The largest absolute Gasteiger partial charge is 0.339 e. The SMILES string of the molecule is CCCc1nc(Br)cc(Nc2ccc(Br)cc2C#N)n1. The molecule has 6 heteroatoms. The number of benzene rings is 1. The van der Waals surface area contributed by atoms with Crippen molar-refractivity contribution in [2.75, 3.05) is 5.32 Å². The smallest absolute Gasteiger partial charge is 0.135 e. The van der Waals surface area contributed by atoms with E-state index in [1.165, 1.54) is 0 Å². The molecule has 0 spiro atoms. The van der Waals surface area contributed by atoms with Crippen molar-refractivity contribution < 1.29 is 0 Å². The average molecular weight is 396 g/mol. The molecule has 4 nitrogen and oxygen atoms in total. The van der Waals surface area contributed by atoms with Crippen LogP contribution in [0.15, 0.2) is 33.3 Å². The van der Waals surface area contributed by atoms with Crippen LogP contribution in [0.4, 0.5) is 11.5 Å². The van der Waals surface area contributed by atoms with Gasteiger partial charge in [-0.15, -0.1) is 0 Å². The van der Waals surface area contributed by atoms with Gasteiger partial charge in [0.25, 0.3) is 0 Å². The van der Waals surface area contributed by atoms with Crippen LogP contribution in [0.1, 0.15) is 24.7 Å². The summed E-state index contributed by atoms with van der Waals surface area (Å²) < 4.78 is 1.60. The van der Waals surface area contributed by atoms with Crippen molar-refractivity contribution in [2.45, 2.75) is 19.8 Å². The monoisotopic (exact) mass is 394 g/mol. The van der Waals surface area contributed by atoms with Crippen molar-refractivity contribution in [1.82, 2.24) is 9.97 Å². The molecule has 1 aromatic heterocycles. The van der Waals surface area contributed by atoms with E-state index in [0.717, 1.165) is 33.4 Å². The van der Waals surface area contributed by atoms with Crippen LogP contribution in [-0.4, -0.2) is 9.97 Å². The minimum atomic E-state index is 0.561. The molecule has 0 atom stereocenters. The number of nitrogens with zero attached hydrogens (tertiary/aromatic N) is 3. The summed E-state index contributed by atoms with van der Waals surface area (Å²) in [6.45, 7) is 2.08. The molecule has 102 valence electrons. The lowest BCUT2D eigenvalue weighted by Gasteiger charge is -2.09. The summed E-state index contributed by atoms with van der Waals surface area (Å²) in [6, 6.07) is 9.45. The topological polar surface area (TPSA) is 61.6 Å². The summed E-state index contributed by atoms with van der Waals surface area (Å²) in [5.74, 6) is 1.45. The molecule has 1 N–H and O–H groups in total. The fraction of sp³-hybridized carbons (Fsp3) is 0.214. The van der Waals surface area contributed by atoms with Crippen molar-refractivity contribution in [3.05, 3.63) is 44.7 Å². The lowest BCUT2D eigenvalue weighted by Crippen LogP contribution is -2.01. The van der Waals surface area contributed by atoms with Crippen LogP contribution in [0.25, 0.3) is 0 Å². The molecule has 20 heavy (non-hydrogen) atoms.